The summed E-state index contributed by atoms with van der Waals surface area (Å²) in [5.74, 6) is -0.187. The van der Waals surface area contributed by atoms with Crippen molar-refractivity contribution in [3.63, 3.8) is 0 Å². The van der Waals surface area contributed by atoms with Crippen LogP contribution in [0.15, 0.2) is 42.9 Å². The molecule has 0 spiro atoms. The number of carbonyl (C=O) groups is 2. The molecule has 0 aromatic carbocycles. The summed E-state index contributed by atoms with van der Waals surface area (Å²) in [6.07, 6.45) is 6.04. The minimum atomic E-state index is -0.272. The van der Waals surface area contributed by atoms with Crippen LogP contribution in [-0.4, -0.2) is 27.8 Å². The van der Waals surface area contributed by atoms with E-state index < -0.39 is 0 Å². The van der Waals surface area contributed by atoms with Gasteiger partial charge in [0.2, 0.25) is 5.91 Å². The standard InChI is InChI=1S/C17H18N4O2/c1-11-13(5-3-9-19-11)17(23)20-14-6-7-15(22)21-16(14)12-4-2-8-18-10-12/h2-5,8-10,14,16H,6-7H2,1H3,(H,20,23)(H,21,22)/t14-,16?/m0/s1. The van der Waals surface area contributed by atoms with Crippen LogP contribution in [0.3, 0.4) is 0 Å². The zero-order valence-electron chi connectivity index (χ0n) is 12.8. The Kier molecular flexibility index (Phi) is 4.32. The molecule has 2 atom stereocenters. The molecule has 3 heterocycles. The monoisotopic (exact) mass is 310 g/mol. The minimum absolute atomic E-state index is 0.0121. The van der Waals surface area contributed by atoms with Gasteiger partial charge >= 0.3 is 0 Å². The molecule has 2 aromatic rings. The van der Waals surface area contributed by atoms with E-state index in [1.807, 2.05) is 12.1 Å². The van der Waals surface area contributed by atoms with Gasteiger partial charge in [-0.05, 0) is 37.1 Å². The van der Waals surface area contributed by atoms with Crippen LogP contribution >= 0.6 is 0 Å². The summed E-state index contributed by atoms with van der Waals surface area (Å²) >= 11 is 0. The third-order valence-corrected chi connectivity index (χ3v) is 4.01. The van der Waals surface area contributed by atoms with Gasteiger partial charge in [-0.25, -0.2) is 0 Å². The van der Waals surface area contributed by atoms with Gasteiger partial charge in [0.05, 0.1) is 17.6 Å². The van der Waals surface area contributed by atoms with Crippen molar-refractivity contribution in [2.24, 2.45) is 0 Å². The molecule has 1 saturated heterocycles. The summed E-state index contributed by atoms with van der Waals surface area (Å²) in [4.78, 5) is 32.5. The molecule has 1 fully saturated rings. The average Bonchev–Trinajstić information content (AvgIpc) is 2.57. The molecule has 118 valence electrons. The van der Waals surface area contributed by atoms with Crippen molar-refractivity contribution in [1.29, 1.82) is 0 Å². The van der Waals surface area contributed by atoms with Gasteiger partial charge in [-0.15, -0.1) is 0 Å². The van der Waals surface area contributed by atoms with Crippen LogP contribution in [0.25, 0.3) is 0 Å². The predicted octanol–water partition coefficient (Wildman–Crippen LogP) is 1.53. The lowest BCUT2D eigenvalue weighted by Gasteiger charge is -2.33. The predicted molar refractivity (Wildman–Crippen MR) is 84.6 cm³/mol. The quantitative estimate of drug-likeness (QED) is 0.900. The molecule has 3 rings (SSSR count). The van der Waals surface area contributed by atoms with Crippen molar-refractivity contribution in [1.82, 2.24) is 20.6 Å². The number of pyridine rings is 2. The number of nitrogens with one attached hydrogen (secondary N) is 2. The van der Waals surface area contributed by atoms with Crippen molar-refractivity contribution < 1.29 is 9.59 Å². The molecular formula is C17H18N4O2. The minimum Gasteiger partial charge on any atom is -0.347 e. The molecule has 1 aliphatic heterocycles. The van der Waals surface area contributed by atoms with Crippen LogP contribution in [0, 0.1) is 6.92 Å². The molecule has 1 unspecified atom stereocenters. The van der Waals surface area contributed by atoms with E-state index in [0.717, 1.165) is 5.56 Å². The maximum absolute atomic E-state index is 12.5. The van der Waals surface area contributed by atoms with Crippen molar-refractivity contribution in [2.75, 3.05) is 0 Å². The lowest BCUT2D eigenvalue weighted by molar-refractivity contribution is -0.123. The fourth-order valence-electron chi connectivity index (χ4n) is 2.80. The molecule has 6 nitrogen and oxygen atoms in total. The van der Waals surface area contributed by atoms with E-state index in [4.69, 9.17) is 0 Å². The number of rotatable bonds is 3. The van der Waals surface area contributed by atoms with Crippen molar-refractivity contribution in [2.45, 2.75) is 31.8 Å². The van der Waals surface area contributed by atoms with Gasteiger partial charge in [0.1, 0.15) is 0 Å². The molecule has 0 saturated carbocycles. The first-order valence-electron chi connectivity index (χ1n) is 7.57. The summed E-state index contributed by atoms with van der Waals surface area (Å²) in [6, 6.07) is 6.76. The van der Waals surface area contributed by atoms with Gasteiger partial charge in [0.15, 0.2) is 0 Å². The largest absolute Gasteiger partial charge is 0.347 e. The Bertz CT molecular complexity index is 718. The van der Waals surface area contributed by atoms with Crippen LogP contribution in [0.2, 0.25) is 0 Å². The summed E-state index contributed by atoms with van der Waals surface area (Å²) in [7, 11) is 0. The van der Waals surface area contributed by atoms with Crippen molar-refractivity contribution in [3.8, 4) is 0 Å². The van der Waals surface area contributed by atoms with Gasteiger partial charge in [0, 0.05) is 30.7 Å². The van der Waals surface area contributed by atoms with Gasteiger partial charge in [-0.1, -0.05) is 6.07 Å². The van der Waals surface area contributed by atoms with E-state index in [-0.39, 0.29) is 23.9 Å². The number of carbonyl (C=O) groups excluding carboxylic acids is 2. The second-order valence-corrected chi connectivity index (χ2v) is 5.59. The van der Waals surface area contributed by atoms with Crippen molar-refractivity contribution >= 4 is 11.8 Å². The Labute approximate surface area is 134 Å². The highest BCUT2D eigenvalue weighted by Crippen LogP contribution is 2.24. The molecule has 0 bridgehead atoms. The zero-order valence-corrected chi connectivity index (χ0v) is 12.8. The maximum Gasteiger partial charge on any atom is 0.253 e. The fourth-order valence-corrected chi connectivity index (χ4v) is 2.80. The van der Waals surface area contributed by atoms with Gasteiger partial charge in [0.25, 0.3) is 5.91 Å². The molecule has 0 aliphatic carbocycles. The molecule has 0 radical (unpaired) electrons. The average molecular weight is 310 g/mol. The van der Waals surface area contributed by atoms with Crippen LogP contribution in [-0.2, 0) is 4.79 Å². The zero-order chi connectivity index (χ0) is 16.2. The van der Waals surface area contributed by atoms with E-state index in [2.05, 4.69) is 20.6 Å². The number of amides is 2. The number of hydrogen-bond acceptors (Lipinski definition) is 4. The summed E-state index contributed by atoms with van der Waals surface area (Å²) in [5, 5.41) is 5.97. The first-order valence-corrected chi connectivity index (χ1v) is 7.57. The third-order valence-electron chi connectivity index (χ3n) is 4.01. The van der Waals surface area contributed by atoms with E-state index in [1.54, 1.807) is 37.6 Å². The van der Waals surface area contributed by atoms with Crippen LogP contribution in [0.5, 0.6) is 0 Å². The second kappa shape index (κ2) is 6.56. The lowest BCUT2D eigenvalue weighted by atomic mass is 9.92. The number of aryl methyl sites for hydroxylation is 1. The third kappa shape index (κ3) is 3.36. The highest BCUT2D eigenvalue weighted by atomic mass is 16.2. The Morgan fingerprint density at radius 2 is 2.13 bits per heavy atom. The molecule has 2 amide bonds. The van der Waals surface area contributed by atoms with Gasteiger partial charge in [-0.2, -0.15) is 0 Å². The Balaban J connectivity index is 1.81. The highest BCUT2D eigenvalue weighted by molar-refractivity contribution is 5.95. The molecule has 2 aromatic heterocycles. The Morgan fingerprint density at radius 3 is 2.87 bits per heavy atom. The fraction of sp³-hybridized carbons (Fsp3) is 0.294. The molecule has 1 aliphatic rings. The lowest BCUT2D eigenvalue weighted by Crippen LogP contribution is -2.50. The smallest absolute Gasteiger partial charge is 0.253 e. The molecule has 23 heavy (non-hydrogen) atoms. The van der Waals surface area contributed by atoms with Crippen LogP contribution < -0.4 is 10.6 Å². The van der Waals surface area contributed by atoms with E-state index in [0.29, 0.717) is 24.1 Å². The van der Waals surface area contributed by atoms with E-state index in [1.165, 1.54) is 0 Å². The number of aromatic nitrogens is 2. The normalized spacial score (nSPS) is 20.7. The van der Waals surface area contributed by atoms with E-state index in [9.17, 15) is 9.59 Å². The van der Waals surface area contributed by atoms with Crippen LogP contribution in [0.1, 0.15) is 40.5 Å². The van der Waals surface area contributed by atoms with Crippen molar-refractivity contribution in [3.05, 3.63) is 59.7 Å². The topological polar surface area (TPSA) is 84.0 Å². The van der Waals surface area contributed by atoms with E-state index >= 15 is 0 Å². The number of nitrogens with zero attached hydrogens (tertiary/aromatic N) is 2. The van der Waals surface area contributed by atoms with Gasteiger partial charge < -0.3 is 10.6 Å². The summed E-state index contributed by atoms with van der Waals surface area (Å²) < 4.78 is 0. The highest BCUT2D eigenvalue weighted by Gasteiger charge is 2.31. The van der Waals surface area contributed by atoms with Crippen LogP contribution in [0.4, 0.5) is 0 Å². The second-order valence-electron chi connectivity index (χ2n) is 5.59. The Morgan fingerprint density at radius 1 is 1.30 bits per heavy atom. The first kappa shape index (κ1) is 15.1. The summed E-state index contributed by atoms with van der Waals surface area (Å²) in [5.41, 5.74) is 2.12. The number of hydrogen-bond donors (Lipinski definition) is 2. The molecular weight excluding hydrogens is 292 g/mol. The number of piperidine rings is 1. The Hall–Kier alpha value is -2.76. The summed E-state index contributed by atoms with van der Waals surface area (Å²) in [6.45, 7) is 1.80. The molecule has 2 N–H and O–H groups in total. The first-order chi connectivity index (χ1) is 11.1. The maximum atomic E-state index is 12.5. The van der Waals surface area contributed by atoms with Gasteiger partial charge in [-0.3, -0.25) is 19.6 Å². The molecule has 6 heteroatoms. The SMILES string of the molecule is Cc1ncccc1C(=O)N[C@H]1CCC(=O)NC1c1cccnc1.